The number of carboxylic acid groups (broad SMARTS) is 1. The van der Waals surface area contributed by atoms with Gasteiger partial charge in [0.25, 0.3) is 0 Å². The summed E-state index contributed by atoms with van der Waals surface area (Å²) in [5.41, 5.74) is 1.27. The SMILES string of the molecule is COc1ccc2nccc([C@H](F)CC[C@@H]3CCN(CCSc4cccc(F)c4)C[C@@H]3C(=O)O)c2c1. The van der Waals surface area contributed by atoms with Gasteiger partial charge in [0.05, 0.1) is 18.5 Å². The number of alkyl halides is 1. The molecular formula is C27H30F2N2O3S. The summed E-state index contributed by atoms with van der Waals surface area (Å²) in [6.07, 6.45) is 1.90. The largest absolute Gasteiger partial charge is 0.497 e. The lowest BCUT2D eigenvalue weighted by atomic mass is 9.81. The van der Waals surface area contributed by atoms with Gasteiger partial charge in [-0.15, -0.1) is 11.8 Å². The standard InChI is InChI=1S/C27H30F2N2O3S/c1-34-20-6-8-26-23(16-20)22(9-11-30-26)25(29)7-5-18-10-12-31(17-24(18)27(32)33)13-14-35-21-4-2-3-19(28)15-21/h2-4,6,8-9,11,15-16,18,24-25H,5,7,10,12-14,17H2,1H3,(H,32,33)/t18-,24+,25-/m1/s1. The van der Waals surface area contributed by atoms with Gasteiger partial charge in [-0.25, -0.2) is 8.78 Å². The first-order chi connectivity index (χ1) is 16.9. The zero-order valence-electron chi connectivity index (χ0n) is 19.7. The van der Waals surface area contributed by atoms with Gasteiger partial charge < -0.3 is 14.7 Å². The van der Waals surface area contributed by atoms with E-state index in [1.807, 2.05) is 12.1 Å². The molecule has 2 heterocycles. The molecule has 186 valence electrons. The Labute approximate surface area is 208 Å². The molecule has 2 aromatic carbocycles. The number of aliphatic carboxylic acids is 1. The Kier molecular flexibility index (Phi) is 8.57. The molecule has 0 unspecified atom stereocenters. The van der Waals surface area contributed by atoms with Crippen molar-refractivity contribution in [2.75, 3.05) is 32.5 Å². The molecule has 5 nitrogen and oxygen atoms in total. The van der Waals surface area contributed by atoms with Crippen LogP contribution < -0.4 is 4.74 Å². The molecule has 3 aromatic rings. The van der Waals surface area contributed by atoms with Crippen molar-refractivity contribution >= 4 is 28.6 Å². The number of hydrogen-bond acceptors (Lipinski definition) is 5. The number of hydrogen-bond donors (Lipinski definition) is 1. The fourth-order valence-corrected chi connectivity index (χ4v) is 5.76. The summed E-state index contributed by atoms with van der Waals surface area (Å²) in [6.45, 7) is 1.97. The third kappa shape index (κ3) is 6.49. The molecule has 1 N–H and O–H groups in total. The van der Waals surface area contributed by atoms with Crippen LogP contribution >= 0.6 is 11.8 Å². The van der Waals surface area contributed by atoms with E-state index in [1.165, 1.54) is 12.1 Å². The highest BCUT2D eigenvalue weighted by Crippen LogP contribution is 2.35. The number of ether oxygens (including phenoxy) is 1. The third-order valence-corrected chi connectivity index (χ3v) is 7.71. The smallest absolute Gasteiger partial charge is 0.308 e. The first-order valence-corrected chi connectivity index (χ1v) is 12.8. The lowest BCUT2D eigenvalue weighted by Gasteiger charge is -2.36. The first kappa shape index (κ1) is 25.4. The predicted octanol–water partition coefficient (Wildman–Crippen LogP) is 5.99. The van der Waals surface area contributed by atoms with Crippen LogP contribution in [0.15, 0.2) is 59.6 Å². The lowest BCUT2D eigenvalue weighted by Crippen LogP contribution is -2.44. The lowest BCUT2D eigenvalue weighted by molar-refractivity contribution is -0.146. The maximum Gasteiger partial charge on any atom is 0.308 e. The van der Waals surface area contributed by atoms with Crippen LogP contribution in [-0.2, 0) is 4.79 Å². The number of carboxylic acids is 1. The maximum absolute atomic E-state index is 15.4. The van der Waals surface area contributed by atoms with Gasteiger partial charge in [0.15, 0.2) is 0 Å². The summed E-state index contributed by atoms with van der Waals surface area (Å²) in [5, 5.41) is 10.6. The molecule has 1 aliphatic rings. The highest BCUT2D eigenvalue weighted by Gasteiger charge is 2.34. The second-order valence-corrected chi connectivity index (χ2v) is 10.1. The number of thioether (sulfide) groups is 1. The van der Waals surface area contributed by atoms with Crippen LogP contribution in [-0.4, -0.2) is 53.5 Å². The zero-order chi connectivity index (χ0) is 24.8. The quantitative estimate of drug-likeness (QED) is 0.345. The molecule has 1 aromatic heterocycles. The van der Waals surface area contributed by atoms with Crippen LogP contribution in [0, 0.1) is 17.7 Å². The number of likely N-dealkylation sites (tertiary alicyclic amines) is 1. The van der Waals surface area contributed by atoms with Crippen LogP contribution in [0.25, 0.3) is 10.9 Å². The van der Waals surface area contributed by atoms with E-state index in [9.17, 15) is 14.3 Å². The van der Waals surface area contributed by atoms with Gasteiger partial charge in [-0.1, -0.05) is 6.07 Å². The third-order valence-electron chi connectivity index (χ3n) is 6.74. The van der Waals surface area contributed by atoms with E-state index in [4.69, 9.17) is 4.74 Å². The summed E-state index contributed by atoms with van der Waals surface area (Å²) >= 11 is 1.56. The normalized spacial score (nSPS) is 19.5. The summed E-state index contributed by atoms with van der Waals surface area (Å²) in [6, 6.07) is 13.6. The van der Waals surface area contributed by atoms with Gasteiger partial charge in [0.2, 0.25) is 0 Å². The minimum absolute atomic E-state index is 0.0690. The molecule has 4 rings (SSSR count). The molecule has 0 amide bonds. The number of halogens is 2. The number of piperidine rings is 1. The number of carbonyl (C=O) groups is 1. The number of methoxy groups -OCH3 is 1. The Hall–Kier alpha value is -2.71. The first-order valence-electron chi connectivity index (χ1n) is 11.8. The summed E-state index contributed by atoms with van der Waals surface area (Å²) < 4.78 is 34.0. The molecule has 1 fully saturated rings. The molecule has 0 saturated carbocycles. The summed E-state index contributed by atoms with van der Waals surface area (Å²) in [5.74, 6) is -0.275. The Bertz CT molecular complexity index is 1160. The van der Waals surface area contributed by atoms with E-state index in [1.54, 1.807) is 49.3 Å². The van der Waals surface area contributed by atoms with E-state index < -0.39 is 18.1 Å². The van der Waals surface area contributed by atoms with Gasteiger partial charge in [-0.3, -0.25) is 9.78 Å². The van der Waals surface area contributed by atoms with Crippen molar-refractivity contribution in [1.29, 1.82) is 0 Å². The Balaban J connectivity index is 1.33. The van der Waals surface area contributed by atoms with E-state index in [-0.39, 0.29) is 18.2 Å². The Morgan fingerprint density at radius 2 is 2.14 bits per heavy atom. The second-order valence-electron chi connectivity index (χ2n) is 8.93. The van der Waals surface area contributed by atoms with Gasteiger partial charge in [0, 0.05) is 35.3 Å². The fraction of sp³-hybridized carbons (Fsp3) is 0.407. The van der Waals surface area contributed by atoms with Crippen molar-refractivity contribution < 1.29 is 23.4 Å². The van der Waals surface area contributed by atoms with Crippen LogP contribution in [0.5, 0.6) is 5.75 Å². The topological polar surface area (TPSA) is 62.7 Å². The van der Waals surface area contributed by atoms with Gasteiger partial charge in [-0.05, 0) is 79.8 Å². The summed E-state index contributed by atoms with van der Waals surface area (Å²) in [4.78, 5) is 19.3. The molecule has 1 aliphatic heterocycles. The number of benzene rings is 2. The highest BCUT2D eigenvalue weighted by atomic mass is 32.2. The molecule has 0 spiro atoms. The van der Waals surface area contributed by atoms with E-state index in [0.29, 0.717) is 29.8 Å². The van der Waals surface area contributed by atoms with Gasteiger partial charge in [-0.2, -0.15) is 0 Å². The molecule has 1 saturated heterocycles. The van der Waals surface area contributed by atoms with Crippen LogP contribution in [0.4, 0.5) is 8.78 Å². The number of aromatic nitrogens is 1. The molecule has 0 aliphatic carbocycles. The van der Waals surface area contributed by atoms with Crippen molar-refractivity contribution in [3.8, 4) is 5.75 Å². The number of nitrogens with zero attached hydrogens (tertiary/aromatic N) is 2. The second kappa shape index (κ2) is 11.8. The van der Waals surface area contributed by atoms with Crippen LogP contribution in [0.2, 0.25) is 0 Å². The van der Waals surface area contributed by atoms with E-state index in [0.717, 1.165) is 35.5 Å². The minimum atomic E-state index is -1.21. The maximum atomic E-state index is 15.4. The van der Waals surface area contributed by atoms with Crippen molar-refractivity contribution in [3.05, 3.63) is 66.1 Å². The number of fused-ring (bicyclic) bond motifs is 1. The number of rotatable bonds is 10. The van der Waals surface area contributed by atoms with E-state index >= 15 is 4.39 Å². The molecule has 0 bridgehead atoms. The van der Waals surface area contributed by atoms with Crippen molar-refractivity contribution in [1.82, 2.24) is 9.88 Å². The van der Waals surface area contributed by atoms with Crippen LogP contribution in [0.3, 0.4) is 0 Å². The van der Waals surface area contributed by atoms with Crippen molar-refractivity contribution in [2.45, 2.75) is 30.3 Å². The Morgan fingerprint density at radius 3 is 2.91 bits per heavy atom. The van der Waals surface area contributed by atoms with Crippen molar-refractivity contribution in [2.24, 2.45) is 11.8 Å². The molecule has 3 atom stereocenters. The predicted molar refractivity (Wildman–Crippen MR) is 134 cm³/mol. The number of pyridine rings is 1. The van der Waals surface area contributed by atoms with Gasteiger partial charge in [0.1, 0.15) is 17.7 Å². The molecular weight excluding hydrogens is 470 g/mol. The zero-order valence-corrected chi connectivity index (χ0v) is 20.5. The monoisotopic (exact) mass is 500 g/mol. The molecule has 0 radical (unpaired) electrons. The molecule has 8 heteroatoms. The molecule has 35 heavy (non-hydrogen) atoms. The van der Waals surface area contributed by atoms with Crippen LogP contribution in [0.1, 0.15) is 31.0 Å². The summed E-state index contributed by atoms with van der Waals surface area (Å²) in [7, 11) is 1.57. The fourth-order valence-electron chi connectivity index (χ4n) is 4.81. The Morgan fingerprint density at radius 1 is 1.29 bits per heavy atom. The average Bonchev–Trinajstić information content (AvgIpc) is 2.87. The van der Waals surface area contributed by atoms with Gasteiger partial charge >= 0.3 is 5.97 Å². The highest BCUT2D eigenvalue weighted by molar-refractivity contribution is 7.99. The van der Waals surface area contributed by atoms with Crippen molar-refractivity contribution in [3.63, 3.8) is 0 Å². The minimum Gasteiger partial charge on any atom is -0.497 e. The average molecular weight is 501 g/mol. The van der Waals surface area contributed by atoms with E-state index in [2.05, 4.69) is 9.88 Å².